The summed E-state index contributed by atoms with van der Waals surface area (Å²) in [7, 11) is 1.81. The zero-order chi connectivity index (χ0) is 18.1. The molecule has 0 atom stereocenters. The number of aromatic nitrogens is 4. The van der Waals surface area contributed by atoms with E-state index in [1.54, 1.807) is 16.2 Å². The van der Waals surface area contributed by atoms with Crippen molar-refractivity contribution in [1.29, 1.82) is 0 Å². The monoisotopic (exact) mass is 369 g/mol. The lowest BCUT2D eigenvalue weighted by Crippen LogP contribution is -2.27. The van der Waals surface area contributed by atoms with Crippen molar-refractivity contribution in [2.24, 2.45) is 0 Å². The van der Waals surface area contributed by atoms with Gasteiger partial charge in [0.2, 0.25) is 0 Å². The summed E-state index contributed by atoms with van der Waals surface area (Å²) in [5.74, 6) is -0.0915. The maximum atomic E-state index is 12.8. The number of fused-ring (bicyclic) bond motifs is 1. The molecule has 0 unspecified atom stereocenters. The molecule has 3 aromatic rings. The summed E-state index contributed by atoms with van der Waals surface area (Å²) in [6, 6.07) is 5.94. The van der Waals surface area contributed by atoms with Crippen LogP contribution in [0.2, 0.25) is 0 Å². The van der Waals surface area contributed by atoms with Crippen molar-refractivity contribution in [3.8, 4) is 10.6 Å². The van der Waals surface area contributed by atoms with Gasteiger partial charge in [-0.15, -0.1) is 11.3 Å². The average molecular weight is 369 g/mol. The van der Waals surface area contributed by atoms with Gasteiger partial charge in [0.1, 0.15) is 0 Å². The first-order chi connectivity index (χ1) is 12.6. The lowest BCUT2D eigenvalue weighted by Gasteiger charge is -2.15. The SMILES string of the molecule is Cc1ccc(-c2cc(C(=O)N(C)Cc3n[nH]c4c3CCCCC4)n[nH]2)s1. The Bertz CT molecular complexity index is 922. The molecule has 0 saturated heterocycles. The molecular weight excluding hydrogens is 346 g/mol. The minimum absolute atomic E-state index is 0.0915. The highest BCUT2D eigenvalue weighted by atomic mass is 32.1. The second-order valence-corrected chi connectivity index (χ2v) is 8.21. The second kappa shape index (κ2) is 7.07. The number of aromatic amines is 2. The quantitative estimate of drug-likeness (QED) is 0.688. The zero-order valence-electron chi connectivity index (χ0n) is 15.1. The molecule has 0 spiro atoms. The fraction of sp³-hybridized carbons (Fsp3) is 0.421. The first kappa shape index (κ1) is 17.0. The molecule has 3 aromatic heterocycles. The van der Waals surface area contributed by atoms with E-state index in [9.17, 15) is 4.79 Å². The van der Waals surface area contributed by atoms with Crippen molar-refractivity contribution in [2.75, 3.05) is 7.05 Å². The van der Waals surface area contributed by atoms with Gasteiger partial charge in [-0.25, -0.2) is 0 Å². The number of hydrogen-bond acceptors (Lipinski definition) is 4. The molecule has 1 amide bonds. The third kappa shape index (κ3) is 3.31. The van der Waals surface area contributed by atoms with Crippen molar-refractivity contribution in [3.63, 3.8) is 0 Å². The molecule has 136 valence electrons. The highest BCUT2D eigenvalue weighted by molar-refractivity contribution is 7.15. The Kier molecular flexibility index (Phi) is 4.63. The van der Waals surface area contributed by atoms with Crippen LogP contribution in [0.3, 0.4) is 0 Å². The van der Waals surface area contributed by atoms with Gasteiger partial charge in [-0.3, -0.25) is 15.0 Å². The smallest absolute Gasteiger partial charge is 0.274 e. The average Bonchev–Trinajstić information content (AvgIpc) is 3.32. The van der Waals surface area contributed by atoms with Crippen molar-refractivity contribution < 1.29 is 4.79 Å². The highest BCUT2D eigenvalue weighted by Crippen LogP contribution is 2.27. The first-order valence-electron chi connectivity index (χ1n) is 9.04. The van der Waals surface area contributed by atoms with E-state index in [0.29, 0.717) is 12.2 Å². The van der Waals surface area contributed by atoms with E-state index in [1.165, 1.54) is 35.4 Å². The van der Waals surface area contributed by atoms with E-state index < -0.39 is 0 Å². The molecule has 0 aromatic carbocycles. The molecule has 0 fully saturated rings. The fourth-order valence-corrected chi connectivity index (χ4v) is 4.32. The Morgan fingerprint density at radius 2 is 2.04 bits per heavy atom. The van der Waals surface area contributed by atoms with E-state index in [1.807, 2.05) is 19.2 Å². The molecular formula is C19H23N5OS. The topological polar surface area (TPSA) is 77.7 Å². The molecule has 2 N–H and O–H groups in total. The summed E-state index contributed by atoms with van der Waals surface area (Å²) in [4.78, 5) is 16.8. The lowest BCUT2D eigenvalue weighted by atomic mass is 10.1. The molecule has 0 radical (unpaired) electrons. The van der Waals surface area contributed by atoms with Gasteiger partial charge in [0.25, 0.3) is 5.91 Å². The van der Waals surface area contributed by atoms with Crippen molar-refractivity contribution in [1.82, 2.24) is 25.3 Å². The summed E-state index contributed by atoms with van der Waals surface area (Å²) in [5.41, 5.74) is 4.86. The second-order valence-electron chi connectivity index (χ2n) is 6.93. The van der Waals surface area contributed by atoms with Crippen LogP contribution in [0.15, 0.2) is 18.2 Å². The summed E-state index contributed by atoms with van der Waals surface area (Å²) >= 11 is 1.69. The van der Waals surface area contributed by atoms with Crippen LogP contribution in [0.25, 0.3) is 10.6 Å². The van der Waals surface area contributed by atoms with E-state index in [0.717, 1.165) is 29.1 Å². The summed E-state index contributed by atoms with van der Waals surface area (Å²) in [5, 5.41) is 14.8. The number of nitrogens with zero attached hydrogens (tertiary/aromatic N) is 3. The van der Waals surface area contributed by atoms with E-state index in [-0.39, 0.29) is 5.91 Å². The number of carbonyl (C=O) groups is 1. The summed E-state index contributed by atoms with van der Waals surface area (Å²) in [6.45, 7) is 2.57. The number of nitrogens with one attached hydrogen (secondary N) is 2. The van der Waals surface area contributed by atoms with E-state index >= 15 is 0 Å². The number of H-pyrrole nitrogens is 2. The number of aryl methyl sites for hydroxylation is 2. The summed E-state index contributed by atoms with van der Waals surface area (Å²) < 4.78 is 0. The maximum Gasteiger partial charge on any atom is 0.274 e. The lowest BCUT2D eigenvalue weighted by molar-refractivity contribution is 0.0777. The van der Waals surface area contributed by atoms with Gasteiger partial charge in [0.15, 0.2) is 5.69 Å². The van der Waals surface area contributed by atoms with Crippen LogP contribution in [0.1, 0.15) is 51.6 Å². The molecule has 0 saturated carbocycles. The molecule has 1 aliphatic rings. The van der Waals surface area contributed by atoms with Gasteiger partial charge < -0.3 is 4.90 Å². The largest absolute Gasteiger partial charge is 0.334 e. The van der Waals surface area contributed by atoms with Gasteiger partial charge in [0.05, 0.1) is 22.8 Å². The van der Waals surface area contributed by atoms with Gasteiger partial charge >= 0.3 is 0 Å². The minimum Gasteiger partial charge on any atom is -0.334 e. The number of hydrogen-bond donors (Lipinski definition) is 2. The minimum atomic E-state index is -0.0915. The Balaban J connectivity index is 1.49. The predicted molar refractivity (Wildman–Crippen MR) is 102 cm³/mol. The molecule has 1 aliphatic carbocycles. The molecule has 0 bridgehead atoms. The number of amides is 1. The number of thiophene rings is 1. The maximum absolute atomic E-state index is 12.8. The first-order valence-corrected chi connectivity index (χ1v) is 9.86. The standard InChI is InChI=1S/C19H23N5OS/c1-12-8-9-18(26-12)15-10-16(22-21-15)19(25)24(2)11-17-13-6-4-3-5-7-14(13)20-23-17/h8-10H,3-7,11H2,1-2H3,(H,20,23)(H,21,22). The molecule has 26 heavy (non-hydrogen) atoms. The van der Waals surface area contributed by atoms with Crippen molar-refractivity contribution >= 4 is 17.2 Å². The van der Waals surface area contributed by atoms with Gasteiger partial charge in [-0.05, 0) is 56.4 Å². The number of rotatable bonds is 4. The molecule has 3 heterocycles. The van der Waals surface area contributed by atoms with Gasteiger partial charge in [-0.2, -0.15) is 10.2 Å². The van der Waals surface area contributed by atoms with Crippen LogP contribution in [-0.2, 0) is 19.4 Å². The highest BCUT2D eigenvalue weighted by Gasteiger charge is 2.21. The van der Waals surface area contributed by atoms with Crippen LogP contribution in [0.4, 0.5) is 0 Å². The third-order valence-electron chi connectivity index (χ3n) is 4.93. The molecule has 6 nitrogen and oxygen atoms in total. The summed E-state index contributed by atoms with van der Waals surface area (Å²) in [6.07, 6.45) is 5.77. The molecule has 7 heteroatoms. The van der Waals surface area contributed by atoms with Crippen molar-refractivity contribution in [3.05, 3.63) is 45.7 Å². The zero-order valence-corrected chi connectivity index (χ0v) is 15.9. The Morgan fingerprint density at radius 1 is 1.19 bits per heavy atom. The van der Waals surface area contributed by atoms with Crippen LogP contribution >= 0.6 is 11.3 Å². The Labute approximate surface area is 156 Å². The van der Waals surface area contributed by atoms with Crippen LogP contribution in [-0.4, -0.2) is 38.2 Å². The van der Waals surface area contributed by atoms with Gasteiger partial charge in [-0.1, -0.05) is 6.42 Å². The van der Waals surface area contributed by atoms with E-state index in [2.05, 4.69) is 33.4 Å². The third-order valence-corrected chi connectivity index (χ3v) is 5.96. The molecule has 4 rings (SSSR count). The van der Waals surface area contributed by atoms with Crippen LogP contribution in [0, 0.1) is 6.92 Å². The fourth-order valence-electron chi connectivity index (χ4n) is 3.49. The predicted octanol–water partition coefficient (Wildman–Crippen LogP) is 3.71. The van der Waals surface area contributed by atoms with E-state index in [4.69, 9.17) is 0 Å². The Hall–Kier alpha value is -2.41. The molecule has 0 aliphatic heterocycles. The Morgan fingerprint density at radius 3 is 2.85 bits per heavy atom. The number of carbonyl (C=O) groups excluding carboxylic acids is 1. The van der Waals surface area contributed by atoms with Crippen LogP contribution < -0.4 is 0 Å². The van der Waals surface area contributed by atoms with Gasteiger partial charge in [0, 0.05) is 17.6 Å². The van der Waals surface area contributed by atoms with Crippen molar-refractivity contribution in [2.45, 2.75) is 45.6 Å². The normalized spacial score (nSPS) is 14.1. The van der Waals surface area contributed by atoms with Crippen LogP contribution in [0.5, 0.6) is 0 Å².